The molecule has 1 aromatic heterocycles. The molecule has 29 heavy (non-hydrogen) atoms. The summed E-state index contributed by atoms with van der Waals surface area (Å²) < 4.78 is 0. The zero-order valence-corrected chi connectivity index (χ0v) is 16.5. The molecule has 0 saturated carbocycles. The standard InChI is InChI=1S/C22H21ClN4O2/c23-14-6-18(20-11-25-27-21(20)7-14)22(29)26-15-5-13-9-24-10-19(13)17(8-15)12-1-3-16(28)4-2-12/h1,5-8,11,16,24,28H,2-4,9-10H2,(H,25,27)(H,26,29)/t16-/m0/s1. The largest absolute Gasteiger partial charge is 0.393 e. The number of aromatic nitrogens is 2. The molecule has 1 aliphatic heterocycles. The number of aliphatic hydroxyl groups is 1. The second-order valence-electron chi connectivity index (χ2n) is 7.66. The van der Waals surface area contributed by atoms with Gasteiger partial charge >= 0.3 is 0 Å². The van der Waals surface area contributed by atoms with Crippen LogP contribution < -0.4 is 10.6 Å². The number of anilines is 1. The van der Waals surface area contributed by atoms with Gasteiger partial charge in [-0.2, -0.15) is 5.10 Å². The molecule has 5 rings (SSSR count). The summed E-state index contributed by atoms with van der Waals surface area (Å²) in [6.45, 7) is 1.60. The fourth-order valence-electron chi connectivity index (χ4n) is 4.25. The molecule has 7 heteroatoms. The summed E-state index contributed by atoms with van der Waals surface area (Å²) in [6.07, 6.45) is 5.79. The van der Waals surface area contributed by atoms with Crippen LogP contribution in [-0.2, 0) is 13.1 Å². The van der Waals surface area contributed by atoms with Crippen LogP contribution in [0.2, 0.25) is 5.02 Å². The maximum absolute atomic E-state index is 13.0. The van der Waals surface area contributed by atoms with Gasteiger partial charge in [-0.15, -0.1) is 0 Å². The highest BCUT2D eigenvalue weighted by atomic mass is 35.5. The van der Waals surface area contributed by atoms with Crippen molar-refractivity contribution in [3.8, 4) is 0 Å². The number of nitrogens with one attached hydrogen (secondary N) is 3. The number of carbonyl (C=O) groups excluding carboxylic acids is 1. The Hall–Kier alpha value is -2.67. The summed E-state index contributed by atoms with van der Waals surface area (Å²) in [7, 11) is 0. The Morgan fingerprint density at radius 2 is 2.14 bits per heavy atom. The van der Waals surface area contributed by atoms with Crippen molar-refractivity contribution in [2.75, 3.05) is 5.32 Å². The number of carbonyl (C=O) groups is 1. The number of aliphatic hydroxyl groups excluding tert-OH is 1. The third kappa shape index (κ3) is 3.44. The van der Waals surface area contributed by atoms with E-state index in [4.69, 9.17) is 11.6 Å². The van der Waals surface area contributed by atoms with E-state index in [-0.39, 0.29) is 12.0 Å². The molecule has 3 aromatic rings. The minimum atomic E-state index is -0.256. The first-order chi connectivity index (χ1) is 14.1. The average molecular weight is 409 g/mol. The molecule has 6 nitrogen and oxygen atoms in total. The number of amides is 1. The lowest BCUT2D eigenvalue weighted by Gasteiger charge is -2.21. The van der Waals surface area contributed by atoms with Crippen LogP contribution in [0.15, 0.2) is 36.5 Å². The van der Waals surface area contributed by atoms with Gasteiger partial charge in [0.2, 0.25) is 0 Å². The van der Waals surface area contributed by atoms with Crippen LogP contribution in [0.3, 0.4) is 0 Å². The van der Waals surface area contributed by atoms with Gasteiger partial charge in [0.25, 0.3) is 5.91 Å². The topological polar surface area (TPSA) is 90.0 Å². The molecule has 148 valence electrons. The lowest BCUT2D eigenvalue weighted by Crippen LogP contribution is -2.14. The van der Waals surface area contributed by atoms with Crippen molar-refractivity contribution in [1.82, 2.24) is 15.5 Å². The lowest BCUT2D eigenvalue weighted by atomic mass is 9.88. The molecule has 2 aromatic carbocycles. The molecule has 0 bridgehead atoms. The molecular weight excluding hydrogens is 388 g/mol. The fourth-order valence-corrected chi connectivity index (χ4v) is 4.46. The molecule has 1 atom stereocenters. The number of H-pyrrole nitrogens is 1. The average Bonchev–Trinajstić information content (AvgIpc) is 3.36. The van der Waals surface area contributed by atoms with Gasteiger partial charge < -0.3 is 15.7 Å². The Balaban J connectivity index is 1.51. The summed E-state index contributed by atoms with van der Waals surface area (Å²) in [4.78, 5) is 13.0. The Morgan fingerprint density at radius 1 is 1.24 bits per heavy atom. The summed E-state index contributed by atoms with van der Waals surface area (Å²) in [5.74, 6) is -0.219. The number of benzene rings is 2. The highest BCUT2D eigenvalue weighted by Crippen LogP contribution is 2.35. The zero-order chi connectivity index (χ0) is 20.0. The van der Waals surface area contributed by atoms with E-state index < -0.39 is 0 Å². The first kappa shape index (κ1) is 18.4. The van der Waals surface area contributed by atoms with Crippen molar-refractivity contribution < 1.29 is 9.90 Å². The maximum Gasteiger partial charge on any atom is 0.256 e. The Labute approximate surface area is 173 Å². The lowest BCUT2D eigenvalue weighted by molar-refractivity contribution is 0.102. The molecule has 0 radical (unpaired) electrons. The second kappa shape index (κ2) is 7.30. The Kier molecular flexibility index (Phi) is 4.62. The van der Waals surface area contributed by atoms with Gasteiger partial charge in [-0.3, -0.25) is 9.89 Å². The SMILES string of the molecule is O=C(Nc1cc2c(c(C3=CC[C@H](O)CC3)c1)CNC2)c1cc(Cl)cc2[nH]ncc12. The highest BCUT2D eigenvalue weighted by Gasteiger charge is 2.22. The van der Waals surface area contributed by atoms with E-state index >= 15 is 0 Å². The summed E-state index contributed by atoms with van der Waals surface area (Å²) in [5, 5.41) is 24.4. The van der Waals surface area contributed by atoms with Crippen molar-refractivity contribution in [3.05, 3.63) is 63.8 Å². The van der Waals surface area contributed by atoms with E-state index in [2.05, 4.69) is 26.9 Å². The monoisotopic (exact) mass is 408 g/mol. The molecule has 4 N–H and O–H groups in total. The van der Waals surface area contributed by atoms with Crippen LogP contribution in [0, 0.1) is 0 Å². The van der Waals surface area contributed by atoms with E-state index in [1.54, 1.807) is 18.3 Å². The number of aromatic amines is 1. The molecule has 0 fully saturated rings. The Morgan fingerprint density at radius 3 is 2.97 bits per heavy atom. The van der Waals surface area contributed by atoms with Crippen molar-refractivity contribution in [3.63, 3.8) is 0 Å². The molecule has 0 spiro atoms. The first-order valence-corrected chi connectivity index (χ1v) is 10.1. The van der Waals surface area contributed by atoms with Crippen LogP contribution >= 0.6 is 11.6 Å². The van der Waals surface area contributed by atoms with Gasteiger partial charge in [-0.1, -0.05) is 17.7 Å². The highest BCUT2D eigenvalue weighted by molar-refractivity contribution is 6.32. The number of allylic oxidation sites excluding steroid dienone is 1. The van der Waals surface area contributed by atoms with Crippen molar-refractivity contribution in [1.29, 1.82) is 0 Å². The molecule has 0 unspecified atom stereocenters. The number of hydrogen-bond acceptors (Lipinski definition) is 4. The van der Waals surface area contributed by atoms with Crippen LogP contribution in [0.25, 0.3) is 16.5 Å². The van der Waals surface area contributed by atoms with Crippen molar-refractivity contribution in [2.45, 2.75) is 38.5 Å². The Bertz CT molecular complexity index is 1150. The molecular formula is C22H21ClN4O2. The predicted molar refractivity (Wildman–Crippen MR) is 114 cm³/mol. The number of rotatable bonds is 3. The number of halogens is 1. The van der Waals surface area contributed by atoms with Crippen LogP contribution in [0.5, 0.6) is 0 Å². The third-order valence-corrected chi connectivity index (χ3v) is 5.93. The summed E-state index contributed by atoms with van der Waals surface area (Å²) in [5.41, 5.74) is 6.86. The van der Waals surface area contributed by atoms with E-state index in [1.807, 2.05) is 12.1 Å². The van der Waals surface area contributed by atoms with E-state index in [9.17, 15) is 9.90 Å². The molecule has 2 heterocycles. The van der Waals surface area contributed by atoms with Crippen LogP contribution in [0.1, 0.15) is 46.3 Å². The number of fused-ring (bicyclic) bond motifs is 2. The molecule has 0 saturated heterocycles. The van der Waals surface area contributed by atoms with Gasteiger partial charge in [0.1, 0.15) is 0 Å². The minimum absolute atomic E-state index is 0.219. The van der Waals surface area contributed by atoms with Crippen LogP contribution in [-0.4, -0.2) is 27.3 Å². The maximum atomic E-state index is 13.0. The molecule has 1 aliphatic carbocycles. The van der Waals surface area contributed by atoms with E-state index in [0.29, 0.717) is 17.0 Å². The second-order valence-corrected chi connectivity index (χ2v) is 8.10. The molecule has 2 aliphatic rings. The number of nitrogens with zero attached hydrogens (tertiary/aromatic N) is 1. The summed E-state index contributed by atoms with van der Waals surface area (Å²) >= 11 is 6.18. The zero-order valence-electron chi connectivity index (χ0n) is 15.8. The van der Waals surface area contributed by atoms with Gasteiger partial charge in [0, 0.05) is 29.2 Å². The van der Waals surface area contributed by atoms with Gasteiger partial charge in [-0.05, 0) is 65.8 Å². The van der Waals surface area contributed by atoms with Crippen molar-refractivity contribution >= 4 is 39.7 Å². The van der Waals surface area contributed by atoms with Gasteiger partial charge in [0.05, 0.1) is 23.4 Å². The van der Waals surface area contributed by atoms with Crippen molar-refractivity contribution in [2.24, 2.45) is 0 Å². The molecule has 1 amide bonds. The van der Waals surface area contributed by atoms with E-state index in [0.717, 1.165) is 48.1 Å². The van der Waals surface area contributed by atoms with Gasteiger partial charge in [0.15, 0.2) is 0 Å². The quantitative estimate of drug-likeness (QED) is 0.527. The van der Waals surface area contributed by atoms with Crippen LogP contribution in [0.4, 0.5) is 5.69 Å². The van der Waals surface area contributed by atoms with Gasteiger partial charge in [-0.25, -0.2) is 0 Å². The summed E-state index contributed by atoms with van der Waals surface area (Å²) in [6, 6.07) is 7.50. The third-order valence-electron chi connectivity index (χ3n) is 5.71. The normalized spacial score (nSPS) is 18.6. The predicted octanol–water partition coefficient (Wildman–Crippen LogP) is 4.00. The minimum Gasteiger partial charge on any atom is -0.393 e. The van der Waals surface area contributed by atoms with E-state index in [1.165, 1.54) is 16.7 Å². The fraction of sp³-hybridized carbons (Fsp3) is 0.273. The number of hydrogen-bond donors (Lipinski definition) is 4. The first-order valence-electron chi connectivity index (χ1n) is 9.76. The smallest absolute Gasteiger partial charge is 0.256 e.